The smallest absolute Gasteiger partial charge is 0.241 e. The Morgan fingerprint density at radius 1 is 1.20 bits per heavy atom. The Balaban J connectivity index is 1.78. The van der Waals surface area contributed by atoms with Gasteiger partial charge in [0.25, 0.3) is 0 Å². The van der Waals surface area contributed by atoms with Gasteiger partial charge in [0.05, 0.1) is 11.5 Å². The van der Waals surface area contributed by atoms with Gasteiger partial charge in [-0.1, -0.05) is 13.0 Å². The minimum atomic E-state index is -3.59. The van der Waals surface area contributed by atoms with E-state index in [9.17, 15) is 8.42 Å². The van der Waals surface area contributed by atoms with Crippen LogP contribution in [0.15, 0.2) is 47.4 Å². The number of benzene rings is 2. The molecule has 6 heteroatoms. The van der Waals surface area contributed by atoms with E-state index >= 15 is 0 Å². The lowest BCUT2D eigenvalue weighted by atomic mass is 9.88. The van der Waals surface area contributed by atoms with Crippen molar-refractivity contribution in [2.45, 2.75) is 43.5 Å². The van der Waals surface area contributed by atoms with Gasteiger partial charge in [0.15, 0.2) is 0 Å². The van der Waals surface area contributed by atoms with E-state index in [4.69, 9.17) is 10.5 Å². The number of hydrogen-bond acceptors (Lipinski definition) is 4. The normalized spacial score (nSPS) is 17.1. The van der Waals surface area contributed by atoms with Gasteiger partial charge in [-0.3, -0.25) is 0 Å². The molecule has 0 saturated carbocycles. The van der Waals surface area contributed by atoms with E-state index in [1.165, 1.54) is 0 Å². The molecule has 1 aliphatic rings. The first-order chi connectivity index (χ1) is 12.0. The SMILES string of the molecule is CCCOc1ccc(S(=O)(=O)NC2CCCc3cc(N)ccc32)cc1. The van der Waals surface area contributed by atoms with Gasteiger partial charge < -0.3 is 10.5 Å². The summed E-state index contributed by atoms with van der Waals surface area (Å²) in [6.45, 7) is 2.64. The number of sulfonamides is 1. The number of nitrogens with two attached hydrogens (primary N) is 1. The van der Waals surface area contributed by atoms with Crippen LogP contribution in [0.4, 0.5) is 5.69 Å². The van der Waals surface area contributed by atoms with Crippen LogP contribution in [-0.2, 0) is 16.4 Å². The van der Waals surface area contributed by atoms with E-state index in [2.05, 4.69) is 4.72 Å². The molecule has 3 rings (SSSR count). The fourth-order valence-electron chi connectivity index (χ4n) is 3.15. The van der Waals surface area contributed by atoms with Crippen LogP contribution < -0.4 is 15.2 Å². The number of ether oxygens (including phenoxy) is 1. The van der Waals surface area contributed by atoms with Crippen molar-refractivity contribution < 1.29 is 13.2 Å². The molecule has 0 amide bonds. The van der Waals surface area contributed by atoms with Crippen molar-refractivity contribution in [1.29, 1.82) is 0 Å². The zero-order valence-electron chi connectivity index (χ0n) is 14.4. The number of hydrogen-bond donors (Lipinski definition) is 2. The monoisotopic (exact) mass is 360 g/mol. The summed E-state index contributed by atoms with van der Waals surface area (Å²) in [7, 11) is -3.59. The van der Waals surface area contributed by atoms with E-state index in [-0.39, 0.29) is 10.9 Å². The summed E-state index contributed by atoms with van der Waals surface area (Å²) >= 11 is 0. The molecule has 0 heterocycles. The highest BCUT2D eigenvalue weighted by molar-refractivity contribution is 7.89. The van der Waals surface area contributed by atoms with Crippen molar-refractivity contribution in [3.05, 3.63) is 53.6 Å². The van der Waals surface area contributed by atoms with Crippen molar-refractivity contribution >= 4 is 15.7 Å². The molecule has 0 aromatic heterocycles. The van der Waals surface area contributed by atoms with Crippen molar-refractivity contribution in [3.8, 4) is 5.75 Å². The standard InChI is InChI=1S/C19H24N2O3S/c1-2-12-24-16-7-9-17(10-8-16)25(22,23)21-19-5-3-4-14-13-15(20)6-11-18(14)19/h6-11,13,19,21H,2-5,12,20H2,1H3. The summed E-state index contributed by atoms with van der Waals surface area (Å²) < 4.78 is 33.8. The van der Waals surface area contributed by atoms with Gasteiger partial charge >= 0.3 is 0 Å². The van der Waals surface area contributed by atoms with Gasteiger partial charge in [-0.15, -0.1) is 0 Å². The van der Waals surface area contributed by atoms with E-state index < -0.39 is 10.0 Å². The molecule has 0 aliphatic heterocycles. The summed E-state index contributed by atoms with van der Waals surface area (Å²) in [5.41, 5.74) is 8.70. The fraction of sp³-hybridized carbons (Fsp3) is 0.368. The van der Waals surface area contributed by atoms with Crippen LogP contribution in [0.1, 0.15) is 43.4 Å². The predicted molar refractivity (Wildman–Crippen MR) is 99.1 cm³/mol. The van der Waals surface area contributed by atoms with E-state index in [1.54, 1.807) is 24.3 Å². The third kappa shape index (κ3) is 4.14. The Hall–Kier alpha value is -2.05. The maximum Gasteiger partial charge on any atom is 0.241 e. The Kier molecular flexibility index (Phi) is 5.30. The molecule has 5 nitrogen and oxygen atoms in total. The molecule has 0 radical (unpaired) electrons. The minimum absolute atomic E-state index is 0.217. The van der Waals surface area contributed by atoms with Gasteiger partial charge in [-0.25, -0.2) is 13.1 Å². The molecule has 1 aliphatic carbocycles. The fourth-order valence-corrected chi connectivity index (χ4v) is 4.40. The first kappa shape index (κ1) is 17.8. The molecular weight excluding hydrogens is 336 g/mol. The van der Waals surface area contributed by atoms with Crippen LogP contribution >= 0.6 is 0 Å². The second-order valence-corrected chi connectivity index (χ2v) is 8.06. The average molecular weight is 360 g/mol. The molecule has 0 spiro atoms. The molecule has 134 valence electrons. The maximum atomic E-state index is 12.7. The molecule has 25 heavy (non-hydrogen) atoms. The number of nitrogens with one attached hydrogen (secondary N) is 1. The van der Waals surface area contributed by atoms with Crippen LogP contribution in [-0.4, -0.2) is 15.0 Å². The van der Waals surface area contributed by atoms with Gasteiger partial charge in [0, 0.05) is 11.7 Å². The predicted octanol–water partition coefficient (Wildman–Crippen LogP) is 3.41. The lowest BCUT2D eigenvalue weighted by Gasteiger charge is -2.26. The highest BCUT2D eigenvalue weighted by atomic mass is 32.2. The molecular formula is C19H24N2O3S. The topological polar surface area (TPSA) is 81.4 Å². The Morgan fingerprint density at radius 3 is 2.68 bits per heavy atom. The lowest BCUT2D eigenvalue weighted by Crippen LogP contribution is -2.31. The van der Waals surface area contributed by atoms with Crippen molar-refractivity contribution in [3.63, 3.8) is 0 Å². The number of fused-ring (bicyclic) bond motifs is 1. The van der Waals surface area contributed by atoms with Crippen molar-refractivity contribution in [2.75, 3.05) is 12.3 Å². The first-order valence-corrected chi connectivity index (χ1v) is 10.1. The molecule has 0 fully saturated rings. The van der Waals surface area contributed by atoms with Crippen molar-refractivity contribution in [2.24, 2.45) is 0 Å². The molecule has 2 aromatic rings. The lowest BCUT2D eigenvalue weighted by molar-refractivity contribution is 0.317. The largest absolute Gasteiger partial charge is 0.494 e. The van der Waals surface area contributed by atoms with Crippen molar-refractivity contribution in [1.82, 2.24) is 4.72 Å². The molecule has 1 atom stereocenters. The van der Waals surface area contributed by atoms with E-state index in [0.29, 0.717) is 18.0 Å². The minimum Gasteiger partial charge on any atom is -0.494 e. The second kappa shape index (κ2) is 7.45. The first-order valence-electron chi connectivity index (χ1n) is 8.63. The summed E-state index contributed by atoms with van der Waals surface area (Å²) in [6.07, 6.45) is 3.57. The van der Waals surface area contributed by atoms with Crippen LogP contribution in [0.25, 0.3) is 0 Å². The van der Waals surface area contributed by atoms with Crippen LogP contribution in [0.3, 0.4) is 0 Å². The summed E-state index contributed by atoms with van der Waals surface area (Å²) in [6, 6.07) is 12.0. The van der Waals surface area contributed by atoms with E-state index in [0.717, 1.165) is 36.8 Å². The third-order valence-corrected chi connectivity index (χ3v) is 5.87. The molecule has 0 saturated heterocycles. The van der Waals surface area contributed by atoms with Crippen LogP contribution in [0.2, 0.25) is 0 Å². The van der Waals surface area contributed by atoms with Gasteiger partial charge in [-0.2, -0.15) is 0 Å². The number of aryl methyl sites for hydroxylation is 1. The van der Waals surface area contributed by atoms with Crippen LogP contribution in [0, 0.1) is 0 Å². The number of rotatable bonds is 6. The highest BCUT2D eigenvalue weighted by Crippen LogP contribution is 2.32. The van der Waals surface area contributed by atoms with Gasteiger partial charge in [0.1, 0.15) is 5.75 Å². The van der Waals surface area contributed by atoms with Gasteiger partial charge in [-0.05, 0) is 73.2 Å². The van der Waals surface area contributed by atoms with Gasteiger partial charge in [0.2, 0.25) is 10.0 Å². The molecule has 0 bridgehead atoms. The summed E-state index contributed by atoms with van der Waals surface area (Å²) in [5, 5.41) is 0. The summed E-state index contributed by atoms with van der Waals surface area (Å²) in [5.74, 6) is 0.680. The zero-order valence-corrected chi connectivity index (χ0v) is 15.2. The third-order valence-electron chi connectivity index (χ3n) is 4.39. The second-order valence-electron chi connectivity index (χ2n) is 6.34. The Morgan fingerprint density at radius 2 is 1.96 bits per heavy atom. The molecule has 1 unspecified atom stereocenters. The highest BCUT2D eigenvalue weighted by Gasteiger charge is 2.25. The quantitative estimate of drug-likeness (QED) is 0.774. The number of anilines is 1. The molecule has 2 aromatic carbocycles. The van der Waals surface area contributed by atoms with E-state index in [1.807, 2.05) is 25.1 Å². The molecule has 3 N–H and O–H groups in total. The van der Waals surface area contributed by atoms with Crippen LogP contribution in [0.5, 0.6) is 5.75 Å². The number of nitrogen functional groups attached to an aromatic ring is 1. The Bertz CT molecular complexity index is 832. The summed E-state index contributed by atoms with van der Waals surface area (Å²) in [4.78, 5) is 0.249. The zero-order chi connectivity index (χ0) is 17.9. The maximum absolute atomic E-state index is 12.7. The average Bonchev–Trinajstić information content (AvgIpc) is 2.60. The Labute approximate surface area is 149 Å².